The van der Waals surface area contributed by atoms with Crippen LogP contribution in [-0.2, 0) is 11.2 Å². The summed E-state index contributed by atoms with van der Waals surface area (Å²) in [5.41, 5.74) is 0.676. The summed E-state index contributed by atoms with van der Waals surface area (Å²) in [5.74, 6) is -0.200. The predicted octanol–water partition coefficient (Wildman–Crippen LogP) is 2.26. The Morgan fingerprint density at radius 1 is 1.42 bits per heavy atom. The molecule has 0 saturated carbocycles. The standard InChI is InChI=1S/C16H20N4O2S2/c1-10-12(4-2-6-17-10)19-14(21)8-11-9-24-16(18-11)20-15(22)13-5-3-7-23-13/h3,5,7,9-10,12,17H,2,4,6,8H2,1H3,(H,19,21)(H,18,20,22). The molecule has 2 aromatic rings. The molecule has 6 nitrogen and oxygen atoms in total. The molecule has 1 aliphatic rings. The maximum absolute atomic E-state index is 12.2. The third-order valence-corrected chi connectivity index (χ3v) is 5.64. The summed E-state index contributed by atoms with van der Waals surface area (Å²) in [6, 6.07) is 4.06. The van der Waals surface area contributed by atoms with Gasteiger partial charge >= 0.3 is 0 Å². The molecule has 128 valence electrons. The van der Waals surface area contributed by atoms with Gasteiger partial charge in [0.25, 0.3) is 5.91 Å². The third-order valence-electron chi connectivity index (χ3n) is 3.97. The van der Waals surface area contributed by atoms with Crippen LogP contribution < -0.4 is 16.0 Å². The van der Waals surface area contributed by atoms with Crippen LogP contribution in [0.15, 0.2) is 22.9 Å². The Balaban J connectivity index is 1.52. The number of aromatic nitrogens is 1. The number of amides is 2. The molecule has 0 radical (unpaired) electrons. The molecule has 1 aliphatic heterocycles. The second-order valence-corrected chi connectivity index (χ2v) is 7.62. The van der Waals surface area contributed by atoms with Crippen LogP contribution in [0, 0.1) is 0 Å². The van der Waals surface area contributed by atoms with Gasteiger partial charge < -0.3 is 10.6 Å². The Morgan fingerprint density at radius 3 is 3.04 bits per heavy atom. The Kier molecular flexibility index (Phi) is 5.60. The van der Waals surface area contributed by atoms with E-state index in [1.54, 1.807) is 6.07 Å². The molecule has 8 heteroatoms. The topological polar surface area (TPSA) is 83.1 Å². The third kappa shape index (κ3) is 4.40. The van der Waals surface area contributed by atoms with Crippen molar-refractivity contribution in [1.29, 1.82) is 0 Å². The minimum atomic E-state index is -0.169. The first-order chi connectivity index (χ1) is 11.6. The fourth-order valence-corrected chi connectivity index (χ4v) is 4.00. The highest BCUT2D eigenvalue weighted by atomic mass is 32.1. The van der Waals surface area contributed by atoms with Gasteiger partial charge in [-0.05, 0) is 37.8 Å². The lowest BCUT2D eigenvalue weighted by Gasteiger charge is -2.30. The average Bonchev–Trinajstić information content (AvgIpc) is 3.21. The number of carbonyl (C=O) groups excluding carboxylic acids is 2. The summed E-state index contributed by atoms with van der Waals surface area (Å²) in [4.78, 5) is 29.1. The summed E-state index contributed by atoms with van der Waals surface area (Å²) in [5, 5.41) is 13.4. The van der Waals surface area contributed by atoms with Crippen molar-refractivity contribution in [2.24, 2.45) is 0 Å². The molecule has 1 fully saturated rings. The quantitative estimate of drug-likeness (QED) is 0.760. The van der Waals surface area contributed by atoms with Gasteiger partial charge in [-0.1, -0.05) is 6.07 Å². The Hall–Kier alpha value is -1.77. The van der Waals surface area contributed by atoms with Crippen molar-refractivity contribution in [3.05, 3.63) is 33.5 Å². The highest BCUT2D eigenvalue weighted by Gasteiger charge is 2.22. The largest absolute Gasteiger partial charge is 0.351 e. The van der Waals surface area contributed by atoms with Gasteiger partial charge in [0.05, 0.1) is 17.0 Å². The van der Waals surface area contributed by atoms with E-state index >= 15 is 0 Å². The fourth-order valence-electron chi connectivity index (χ4n) is 2.68. The van der Waals surface area contributed by atoms with Gasteiger partial charge in [0, 0.05) is 17.5 Å². The van der Waals surface area contributed by atoms with Crippen molar-refractivity contribution < 1.29 is 9.59 Å². The average molecular weight is 364 g/mol. The molecule has 1 saturated heterocycles. The molecule has 0 bridgehead atoms. The maximum atomic E-state index is 12.2. The lowest BCUT2D eigenvalue weighted by atomic mass is 10.00. The van der Waals surface area contributed by atoms with E-state index in [1.807, 2.05) is 16.8 Å². The highest BCUT2D eigenvalue weighted by molar-refractivity contribution is 7.14. The van der Waals surface area contributed by atoms with E-state index in [4.69, 9.17) is 0 Å². The van der Waals surface area contributed by atoms with Crippen molar-refractivity contribution in [3.8, 4) is 0 Å². The molecule has 2 amide bonds. The van der Waals surface area contributed by atoms with Crippen LogP contribution in [0.3, 0.4) is 0 Å². The molecular formula is C16H20N4O2S2. The number of nitrogens with zero attached hydrogens (tertiary/aromatic N) is 1. The molecule has 0 spiro atoms. The van der Waals surface area contributed by atoms with E-state index < -0.39 is 0 Å². The fraction of sp³-hybridized carbons (Fsp3) is 0.438. The Labute approximate surface area is 148 Å². The number of rotatable bonds is 5. The number of hydrogen-bond donors (Lipinski definition) is 3. The number of carbonyl (C=O) groups is 2. The smallest absolute Gasteiger partial charge is 0.267 e. The predicted molar refractivity (Wildman–Crippen MR) is 96.7 cm³/mol. The van der Waals surface area contributed by atoms with Crippen molar-refractivity contribution >= 4 is 39.6 Å². The Morgan fingerprint density at radius 2 is 2.29 bits per heavy atom. The SMILES string of the molecule is CC1NCCCC1NC(=O)Cc1csc(NC(=O)c2cccs2)n1. The summed E-state index contributed by atoms with van der Waals surface area (Å²) in [6.45, 7) is 3.10. The van der Waals surface area contributed by atoms with Crippen LogP contribution in [0.4, 0.5) is 5.13 Å². The number of piperidine rings is 1. The summed E-state index contributed by atoms with van der Waals surface area (Å²) < 4.78 is 0. The molecule has 3 rings (SSSR count). The molecule has 2 atom stereocenters. The lowest BCUT2D eigenvalue weighted by Crippen LogP contribution is -2.52. The van der Waals surface area contributed by atoms with Gasteiger partial charge in [0.15, 0.2) is 5.13 Å². The summed E-state index contributed by atoms with van der Waals surface area (Å²) >= 11 is 2.72. The molecule has 3 heterocycles. The van der Waals surface area contributed by atoms with Gasteiger partial charge in [-0.3, -0.25) is 14.9 Å². The number of thiazole rings is 1. The molecule has 0 aliphatic carbocycles. The molecule has 2 unspecified atom stereocenters. The van der Waals surface area contributed by atoms with Crippen LogP contribution in [0.5, 0.6) is 0 Å². The van der Waals surface area contributed by atoms with E-state index in [0.29, 0.717) is 21.7 Å². The van der Waals surface area contributed by atoms with E-state index in [1.165, 1.54) is 22.7 Å². The minimum Gasteiger partial charge on any atom is -0.351 e. The number of thiophene rings is 1. The monoisotopic (exact) mass is 364 g/mol. The summed E-state index contributed by atoms with van der Waals surface area (Å²) in [7, 11) is 0. The van der Waals surface area contributed by atoms with Gasteiger partial charge in [0.2, 0.25) is 5.91 Å². The van der Waals surface area contributed by atoms with Crippen LogP contribution in [0.2, 0.25) is 0 Å². The lowest BCUT2D eigenvalue weighted by molar-refractivity contribution is -0.121. The van der Waals surface area contributed by atoms with Gasteiger partial charge in [-0.2, -0.15) is 0 Å². The zero-order chi connectivity index (χ0) is 16.9. The number of anilines is 1. The molecule has 24 heavy (non-hydrogen) atoms. The maximum Gasteiger partial charge on any atom is 0.267 e. The first kappa shape index (κ1) is 17.1. The molecular weight excluding hydrogens is 344 g/mol. The van der Waals surface area contributed by atoms with Crippen molar-refractivity contribution in [2.75, 3.05) is 11.9 Å². The van der Waals surface area contributed by atoms with E-state index in [0.717, 1.165) is 19.4 Å². The van der Waals surface area contributed by atoms with Gasteiger partial charge in [-0.15, -0.1) is 22.7 Å². The number of hydrogen-bond acceptors (Lipinski definition) is 6. The molecule has 2 aromatic heterocycles. The molecule has 0 aromatic carbocycles. The van der Waals surface area contributed by atoms with Crippen LogP contribution in [0.25, 0.3) is 0 Å². The number of nitrogens with one attached hydrogen (secondary N) is 3. The van der Waals surface area contributed by atoms with Crippen LogP contribution in [0.1, 0.15) is 35.1 Å². The Bertz CT molecular complexity index is 699. The van der Waals surface area contributed by atoms with E-state index in [9.17, 15) is 9.59 Å². The van der Waals surface area contributed by atoms with E-state index in [2.05, 4.69) is 27.9 Å². The van der Waals surface area contributed by atoms with Gasteiger partial charge in [0.1, 0.15) is 0 Å². The van der Waals surface area contributed by atoms with E-state index in [-0.39, 0.29) is 24.3 Å². The highest BCUT2D eigenvalue weighted by Crippen LogP contribution is 2.18. The minimum absolute atomic E-state index is 0.0306. The first-order valence-electron chi connectivity index (χ1n) is 7.94. The second-order valence-electron chi connectivity index (χ2n) is 5.81. The second kappa shape index (κ2) is 7.87. The van der Waals surface area contributed by atoms with Gasteiger partial charge in [-0.25, -0.2) is 4.98 Å². The van der Waals surface area contributed by atoms with Crippen LogP contribution >= 0.6 is 22.7 Å². The zero-order valence-electron chi connectivity index (χ0n) is 13.4. The zero-order valence-corrected chi connectivity index (χ0v) is 15.0. The summed E-state index contributed by atoms with van der Waals surface area (Å²) in [6.07, 6.45) is 2.30. The first-order valence-corrected chi connectivity index (χ1v) is 9.70. The normalized spacial score (nSPS) is 20.5. The van der Waals surface area contributed by atoms with Crippen LogP contribution in [-0.4, -0.2) is 35.4 Å². The van der Waals surface area contributed by atoms with Crippen molar-refractivity contribution in [2.45, 2.75) is 38.3 Å². The van der Waals surface area contributed by atoms with Crippen molar-refractivity contribution in [3.63, 3.8) is 0 Å². The van der Waals surface area contributed by atoms with Crippen molar-refractivity contribution in [1.82, 2.24) is 15.6 Å². The molecule has 3 N–H and O–H groups in total.